The topological polar surface area (TPSA) is 108 Å². The van der Waals surface area contributed by atoms with E-state index in [1.54, 1.807) is 42.6 Å². The molecule has 0 spiro atoms. The van der Waals surface area contributed by atoms with Crippen molar-refractivity contribution in [2.75, 3.05) is 0 Å². The fourth-order valence-corrected chi connectivity index (χ4v) is 2.37. The number of ether oxygens (including phenoxy) is 1. The molecule has 0 aliphatic rings. The molecule has 0 saturated heterocycles. The van der Waals surface area contributed by atoms with Gasteiger partial charge in [-0.2, -0.15) is 0 Å². The smallest absolute Gasteiger partial charge is 0.271 e. The zero-order valence-electron chi connectivity index (χ0n) is 14.6. The van der Waals surface area contributed by atoms with Crippen molar-refractivity contribution in [2.45, 2.75) is 6.61 Å². The number of nitro benzene ring substituents is 2. The van der Waals surface area contributed by atoms with Crippen molar-refractivity contribution in [3.05, 3.63) is 104 Å². The van der Waals surface area contributed by atoms with E-state index in [9.17, 15) is 20.2 Å². The lowest BCUT2D eigenvalue weighted by Gasteiger charge is -2.06. The van der Waals surface area contributed by atoms with Crippen molar-refractivity contribution in [1.29, 1.82) is 0 Å². The molecule has 0 saturated carbocycles. The number of nitro groups is 2. The Hall–Kier alpha value is -4.07. The van der Waals surface area contributed by atoms with Gasteiger partial charge < -0.3 is 4.74 Å². The first-order valence-electron chi connectivity index (χ1n) is 8.26. The van der Waals surface area contributed by atoms with Gasteiger partial charge in [0.2, 0.25) is 0 Å². The van der Waals surface area contributed by atoms with Crippen LogP contribution in [0.2, 0.25) is 0 Å². The second kappa shape index (κ2) is 8.54. The molecule has 0 atom stereocenters. The van der Waals surface area contributed by atoms with E-state index in [0.717, 1.165) is 11.1 Å². The van der Waals surface area contributed by atoms with Gasteiger partial charge in [-0.25, -0.2) is 0 Å². The van der Waals surface area contributed by atoms with E-state index >= 15 is 0 Å². The van der Waals surface area contributed by atoms with Gasteiger partial charge in [0.15, 0.2) is 0 Å². The summed E-state index contributed by atoms with van der Waals surface area (Å²) in [6.07, 6.45) is 1.61. The Morgan fingerprint density at radius 2 is 1.54 bits per heavy atom. The van der Waals surface area contributed by atoms with Gasteiger partial charge in [0, 0.05) is 30.5 Å². The zero-order valence-corrected chi connectivity index (χ0v) is 14.6. The molecule has 28 heavy (non-hydrogen) atoms. The monoisotopic (exact) mass is 377 g/mol. The molecule has 0 radical (unpaired) electrons. The maximum absolute atomic E-state index is 10.8. The molecule has 0 unspecified atom stereocenters. The van der Waals surface area contributed by atoms with Gasteiger partial charge >= 0.3 is 0 Å². The number of non-ortho nitro benzene ring substituents is 2. The average molecular weight is 377 g/mol. The first-order valence-corrected chi connectivity index (χ1v) is 8.26. The minimum atomic E-state index is -0.462. The molecule has 0 fully saturated rings. The molecule has 8 nitrogen and oxygen atoms in total. The van der Waals surface area contributed by atoms with Crippen LogP contribution in [-0.2, 0) is 6.61 Å². The van der Waals surface area contributed by atoms with Crippen molar-refractivity contribution >= 4 is 23.3 Å². The summed E-state index contributed by atoms with van der Waals surface area (Å²) in [6, 6.07) is 19.4. The van der Waals surface area contributed by atoms with Crippen LogP contribution >= 0.6 is 0 Å². The van der Waals surface area contributed by atoms with Gasteiger partial charge in [0.05, 0.1) is 15.5 Å². The molecule has 0 aromatic heterocycles. The Morgan fingerprint density at radius 1 is 0.857 bits per heavy atom. The third-order valence-electron chi connectivity index (χ3n) is 3.84. The highest BCUT2D eigenvalue weighted by Crippen LogP contribution is 2.20. The summed E-state index contributed by atoms with van der Waals surface area (Å²) in [7, 11) is 0. The van der Waals surface area contributed by atoms with Gasteiger partial charge in [-0.15, -0.1) is 0 Å². The molecule has 3 rings (SSSR count). The third-order valence-corrected chi connectivity index (χ3v) is 3.84. The van der Waals surface area contributed by atoms with E-state index in [-0.39, 0.29) is 11.4 Å². The summed E-state index contributed by atoms with van der Waals surface area (Å²) >= 11 is 0. The Morgan fingerprint density at radius 3 is 2.18 bits per heavy atom. The van der Waals surface area contributed by atoms with Gasteiger partial charge in [0.1, 0.15) is 12.4 Å². The average Bonchev–Trinajstić information content (AvgIpc) is 2.72. The van der Waals surface area contributed by atoms with Crippen LogP contribution < -0.4 is 4.74 Å². The standard InChI is InChI=1S/C20H15N3O5/c24-22(25)18-8-4-16(5-9-18)14-28-20-10-6-15(7-11-20)13-21-17-2-1-3-19(12-17)23(26)27/h1-13H,14H2. The van der Waals surface area contributed by atoms with E-state index in [1.165, 1.54) is 24.3 Å². The molecule has 140 valence electrons. The van der Waals surface area contributed by atoms with Crippen LogP contribution in [-0.4, -0.2) is 16.1 Å². The van der Waals surface area contributed by atoms with Crippen LogP contribution in [0.4, 0.5) is 17.1 Å². The van der Waals surface area contributed by atoms with Crippen molar-refractivity contribution in [2.24, 2.45) is 4.99 Å². The minimum absolute atomic E-state index is 0.00959. The van der Waals surface area contributed by atoms with Crippen molar-refractivity contribution in [3.8, 4) is 5.75 Å². The summed E-state index contributed by atoms with van der Waals surface area (Å²) in [6.45, 7) is 0.291. The van der Waals surface area contributed by atoms with Crippen LogP contribution in [0.1, 0.15) is 11.1 Å². The maximum atomic E-state index is 10.8. The van der Waals surface area contributed by atoms with E-state index in [2.05, 4.69) is 4.99 Å². The summed E-state index contributed by atoms with van der Waals surface area (Å²) in [4.78, 5) is 24.8. The summed E-state index contributed by atoms with van der Waals surface area (Å²) in [5.74, 6) is 0.644. The summed E-state index contributed by atoms with van der Waals surface area (Å²) in [5.41, 5.74) is 2.16. The van der Waals surface area contributed by atoms with E-state index < -0.39 is 9.85 Å². The molecule has 0 aliphatic heterocycles. The van der Waals surface area contributed by atoms with Crippen LogP contribution in [0, 0.1) is 20.2 Å². The quantitative estimate of drug-likeness (QED) is 0.333. The third kappa shape index (κ3) is 4.98. The highest BCUT2D eigenvalue weighted by molar-refractivity contribution is 5.82. The zero-order chi connectivity index (χ0) is 19.9. The van der Waals surface area contributed by atoms with Gasteiger partial charge in [-0.1, -0.05) is 6.07 Å². The number of aliphatic imine (C=N–C) groups is 1. The summed E-state index contributed by atoms with van der Waals surface area (Å²) < 4.78 is 5.66. The molecule has 0 aliphatic carbocycles. The Balaban J connectivity index is 1.59. The molecule has 8 heteroatoms. The van der Waals surface area contributed by atoms with Crippen LogP contribution in [0.25, 0.3) is 0 Å². The molecule has 0 heterocycles. The summed E-state index contributed by atoms with van der Waals surface area (Å²) in [5, 5.41) is 21.4. The number of hydrogen-bond donors (Lipinski definition) is 0. The molecule has 3 aromatic rings. The van der Waals surface area contributed by atoms with E-state index in [0.29, 0.717) is 18.0 Å². The lowest BCUT2D eigenvalue weighted by Crippen LogP contribution is -1.96. The lowest BCUT2D eigenvalue weighted by molar-refractivity contribution is -0.385. The van der Waals surface area contributed by atoms with Crippen molar-refractivity contribution in [1.82, 2.24) is 0 Å². The predicted molar refractivity (Wildman–Crippen MR) is 104 cm³/mol. The molecule has 3 aromatic carbocycles. The predicted octanol–water partition coefficient (Wildman–Crippen LogP) is 4.83. The molecular weight excluding hydrogens is 362 g/mol. The van der Waals surface area contributed by atoms with Crippen LogP contribution in [0.3, 0.4) is 0 Å². The SMILES string of the molecule is O=[N+]([O-])c1ccc(COc2ccc(C=Nc3cccc([N+](=O)[O-])c3)cc2)cc1. The Labute approximate surface area is 160 Å². The lowest BCUT2D eigenvalue weighted by atomic mass is 10.2. The van der Waals surface area contributed by atoms with Crippen molar-refractivity contribution < 1.29 is 14.6 Å². The largest absolute Gasteiger partial charge is 0.489 e. The van der Waals surface area contributed by atoms with Crippen molar-refractivity contribution in [3.63, 3.8) is 0 Å². The normalized spacial score (nSPS) is 10.7. The highest BCUT2D eigenvalue weighted by atomic mass is 16.6. The minimum Gasteiger partial charge on any atom is -0.489 e. The van der Waals surface area contributed by atoms with E-state index in [4.69, 9.17) is 4.74 Å². The van der Waals surface area contributed by atoms with E-state index in [1.807, 2.05) is 12.1 Å². The number of rotatable bonds is 7. The molecule has 0 amide bonds. The maximum Gasteiger partial charge on any atom is 0.271 e. The Kier molecular flexibility index (Phi) is 5.71. The van der Waals surface area contributed by atoms with Gasteiger partial charge in [-0.3, -0.25) is 25.2 Å². The number of nitrogens with zero attached hydrogens (tertiary/aromatic N) is 3. The fraction of sp³-hybridized carbons (Fsp3) is 0.0500. The second-order valence-electron chi connectivity index (χ2n) is 5.82. The molecular formula is C20H15N3O5. The number of hydrogen-bond acceptors (Lipinski definition) is 6. The van der Waals surface area contributed by atoms with Gasteiger partial charge in [-0.05, 0) is 53.6 Å². The second-order valence-corrected chi connectivity index (χ2v) is 5.82. The highest BCUT2D eigenvalue weighted by Gasteiger charge is 2.05. The number of benzene rings is 3. The Bertz CT molecular complexity index is 1010. The molecule has 0 bridgehead atoms. The first-order chi connectivity index (χ1) is 13.5. The van der Waals surface area contributed by atoms with Crippen LogP contribution in [0.5, 0.6) is 5.75 Å². The van der Waals surface area contributed by atoms with Gasteiger partial charge in [0.25, 0.3) is 11.4 Å². The fourth-order valence-electron chi connectivity index (χ4n) is 2.37. The first kappa shape index (κ1) is 18.7. The van der Waals surface area contributed by atoms with Crippen LogP contribution in [0.15, 0.2) is 77.8 Å². The molecule has 0 N–H and O–H groups in total.